The van der Waals surface area contributed by atoms with Gasteiger partial charge in [0.05, 0.1) is 0 Å². The molecule has 0 aromatic heterocycles. The molecule has 0 heteroatoms. The molecule has 4 aromatic rings. The van der Waals surface area contributed by atoms with Gasteiger partial charge in [-0.25, -0.2) is 0 Å². The SMILES string of the molecule is C(C=CC(=Cc1ccccc1)c1ccccc1)=CC(=Cc1ccccc1)c1ccccc1. The fraction of sp³-hybridized carbons (Fsp3) is 0. The van der Waals surface area contributed by atoms with E-state index in [9.17, 15) is 0 Å². The second-order valence-electron chi connectivity index (χ2n) is 7.47. The van der Waals surface area contributed by atoms with Crippen LogP contribution in [0.4, 0.5) is 0 Å². The lowest BCUT2D eigenvalue weighted by Crippen LogP contribution is -1.82. The molecule has 0 spiro atoms. The van der Waals surface area contributed by atoms with E-state index in [2.05, 4.69) is 134 Å². The minimum Gasteiger partial charge on any atom is -0.0622 e. The van der Waals surface area contributed by atoms with Crippen molar-refractivity contribution >= 4 is 23.3 Å². The number of benzene rings is 4. The number of hydrogen-bond donors (Lipinski definition) is 0. The summed E-state index contributed by atoms with van der Waals surface area (Å²) < 4.78 is 0. The van der Waals surface area contributed by atoms with E-state index in [-0.39, 0.29) is 0 Å². The quantitative estimate of drug-likeness (QED) is 0.211. The summed E-state index contributed by atoms with van der Waals surface area (Å²) in [6.45, 7) is 0. The van der Waals surface area contributed by atoms with E-state index in [1.54, 1.807) is 0 Å². The van der Waals surface area contributed by atoms with Gasteiger partial charge < -0.3 is 0 Å². The van der Waals surface area contributed by atoms with Gasteiger partial charge in [0.2, 0.25) is 0 Å². The highest BCUT2D eigenvalue weighted by atomic mass is 14.0. The molecule has 4 aromatic carbocycles. The molecule has 0 saturated heterocycles. The van der Waals surface area contributed by atoms with Gasteiger partial charge in [-0.2, -0.15) is 0 Å². The highest BCUT2D eigenvalue weighted by Crippen LogP contribution is 2.22. The largest absolute Gasteiger partial charge is 0.0622 e. The zero-order valence-electron chi connectivity index (χ0n) is 18.0. The standard InChI is InChI=1S/C32H26/c1-5-15-27(16-6-1)25-31(29-19-9-3-10-20-29)23-13-14-24-32(30-21-11-4-12-22-30)26-28-17-7-2-8-18-28/h1-26H. The Hall–Kier alpha value is -4.16. The Bertz CT molecular complexity index is 1110. The number of allylic oxidation sites excluding steroid dienone is 6. The van der Waals surface area contributed by atoms with Crippen molar-refractivity contribution in [2.75, 3.05) is 0 Å². The molecule has 0 radical (unpaired) electrons. The van der Waals surface area contributed by atoms with E-state index >= 15 is 0 Å². The maximum atomic E-state index is 2.22. The lowest BCUT2D eigenvalue weighted by molar-refractivity contribution is 1.61. The first-order chi connectivity index (χ1) is 15.9. The molecule has 0 unspecified atom stereocenters. The van der Waals surface area contributed by atoms with Crippen LogP contribution in [-0.4, -0.2) is 0 Å². The lowest BCUT2D eigenvalue weighted by Gasteiger charge is -2.04. The molecule has 32 heavy (non-hydrogen) atoms. The molecule has 0 nitrogen and oxygen atoms in total. The van der Waals surface area contributed by atoms with Crippen LogP contribution in [0.1, 0.15) is 22.3 Å². The Kier molecular flexibility index (Phi) is 7.44. The van der Waals surface area contributed by atoms with Crippen molar-refractivity contribution in [3.63, 3.8) is 0 Å². The number of hydrogen-bond acceptors (Lipinski definition) is 0. The van der Waals surface area contributed by atoms with E-state index in [0.29, 0.717) is 0 Å². The Morgan fingerprint density at radius 1 is 0.375 bits per heavy atom. The fourth-order valence-corrected chi connectivity index (χ4v) is 3.49. The summed E-state index contributed by atoms with van der Waals surface area (Å²) in [5, 5.41) is 0. The topological polar surface area (TPSA) is 0 Å². The van der Waals surface area contributed by atoms with Gasteiger partial charge >= 0.3 is 0 Å². The minimum atomic E-state index is 1.18. The highest BCUT2D eigenvalue weighted by Gasteiger charge is 1.99. The third-order valence-electron chi connectivity index (χ3n) is 5.12. The monoisotopic (exact) mass is 410 g/mol. The Balaban J connectivity index is 1.63. The highest BCUT2D eigenvalue weighted by molar-refractivity contribution is 5.89. The van der Waals surface area contributed by atoms with Gasteiger partial charge in [0.1, 0.15) is 0 Å². The van der Waals surface area contributed by atoms with Crippen LogP contribution in [0.25, 0.3) is 23.3 Å². The molecule has 0 aliphatic rings. The molecule has 0 N–H and O–H groups in total. The first kappa shape index (κ1) is 21.1. The smallest absolute Gasteiger partial charge is 0.0178 e. The van der Waals surface area contributed by atoms with Crippen LogP contribution in [0.3, 0.4) is 0 Å². The van der Waals surface area contributed by atoms with Crippen LogP contribution in [0, 0.1) is 0 Å². The van der Waals surface area contributed by atoms with Gasteiger partial charge in [-0.15, -0.1) is 0 Å². The zero-order valence-corrected chi connectivity index (χ0v) is 18.0. The van der Waals surface area contributed by atoms with Crippen molar-refractivity contribution in [3.05, 3.63) is 168 Å². The first-order valence-electron chi connectivity index (χ1n) is 10.9. The van der Waals surface area contributed by atoms with Crippen molar-refractivity contribution in [3.8, 4) is 0 Å². The van der Waals surface area contributed by atoms with Gasteiger partial charge in [0.25, 0.3) is 0 Å². The molecule has 0 bridgehead atoms. The van der Waals surface area contributed by atoms with Gasteiger partial charge in [0.15, 0.2) is 0 Å². The second-order valence-corrected chi connectivity index (χ2v) is 7.47. The predicted molar refractivity (Wildman–Crippen MR) is 140 cm³/mol. The van der Waals surface area contributed by atoms with Crippen LogP contribution in [0.15, 0.2) is 146 Å². The summed E-state index contributed by atoms with van der Waals surface area (Å²) in [7, 11) is 0. The predicted octanol–water partition coefficient (Wildman–Crippen LogP) is 8.58. The van der Waals surface area contributed by atoms with E-state index < -0.39 is 0 Å². The molecule has 0 atom stereocenters. The number of rotatable bonds is 7. The van der Waals surface area contributed by atoms with Gasteiger partial charge in [-0.05, 0) is 45.6 Å². The van der Waals surface area contributed by atoms with Crippen LogP contribution in [0.2, 0.25) is 0 Å². The van der Waals surface area contributed by atoms with E-state index in [1.165, 1.54) is 33.4 Å². The molecular weight excluding hydrogens is 384 g/mol. The van der Waals surface area contributed by atoms with Crippen LogP contribution < -0.4 is 0 Å². The second kappa shape index (κ2) is 11.3. The van der Waals surface area contributed by atoms with Crippen molar-refractivity contribution in [2.24, 2.45) is 0 Å². The van der Waals surface area contributed by atoms with E-state index in [1.807, 2.05) is 24.3 Å². The van der Waals surface area contributed by atoms with Crippen molar-refractivity contribution in [1.82, 2.24) is 0 Å². The molecule has 0 fully saturated rings. The van der Waals surface area contributed by atoms with Crippen molar-refractivity contribution < 1.29 is 0 Å². The zero-order chi connectivity index (χ0) is 21.8. The maximum Gasteiger partial charge on any atom is -0.0178 e. The summed E-state index contributed by atoms with van der Waals surface area (Å²) in [5.41, 5.74) is 7.13. The Morgan fingerprint density at radius 2 is 0.688 bits per heavy atom. The van der Waals surface area contributed by atoms with Crippen LogP contribution in [0.5, 0.6) is 0 Å². The molecule has 0 heterocycles. The van der Waals surface area contributed by atoms with Crippen LogP contribution in [-0.2, 0) is 0 Å². The summed E-state index contributed by atoms with van der Waals surface area (Å²) in [4.78, 5) is 0. The fourth-order valence-electron chi connectivity index (χ4n) is 3.49. The molecule has 0 amide bonds. The average molecular weight is 411 g/mol. The van der Waals surface area contributed by atoms with Gasteiger partial charge in [-0.1, -0.05) is 146 Å². The lowest BCUT2D eigenvalue weighted by atomic mass is 10.0. The van der Waals surface area contributed by atoms with Crippen LogP contribution >= 0.6 is 0 Å². The molecule has 154 valence electrons. The Labute approximate surface area is 191 Å². The summed E-state index contributed by atoms with van der Waals surface area (Å²) in [6, 6.07) is 41.9. The van der Waals surface area contributed by atoms with Crippen molar-refractivity contribution in [2.45, 2.75) is 0 Å². The molecular formula is C32H26. The molecule has 4 rings (SSSR count). The molecule has 0 aliphatic carbocycles. The first-order valence-corrected chi connectivity index (χ1v) is 10.9. The Morgan fingerprint density at radius 3 is 1.03 bits per heavy atom. The molecule has 0 aliphatic heterocycles. The normalized spacial score (nSPS) is 12.5. The van der Waals surface area contributed by atoms with Gasteiger partial charge in [0, 0.05) is 0 Å². The minimum absolute atomic E-state index is 1.18. The van der Waals surface area contributed by atoms with E-state index in [4.69, 9.17) is 0 Å². The van der Waals surface area contributed by atoms with Gasteiger partial charge in [-0.3, -0.25) is 0 Å². The average Bonchev–Trinajstić information content (AvgIpc) is 2.87. The maximum absolute atomic E-state index is 2.22. The third-order valence-corrected chi connectivity index (χ3v) is 5.12. The molecule has 0 saturated carbocycles. The summed E-state index contributed by atoms with van der Waals surface area (Å²) in [5.74, 6) is 0. The summed E-state index contributed by atoms with van der Waals surface area (Å²) in [6.07, 6.45) is 13.0. The van der Waals surface area contributed by atoms with E-state index in [0.717, 1.165) is 0 Å². The summed E-state index contributed by atoms with van der Waals surface area (Å²) >= 11 is 0. The third kappa shape index (κ3) is 6.17. The van der Waals surface area contributed by atoms with Crippen molar-refractivity contribution in [1.29, 1.82) is 0 Å².